The second kappa shape index (κ2) is 21.7. The highest BCUT2D eigenvalue weighted by Gasteiger charge is 2.52. The minimum absolute atomic E-state index is 0.00763. The van der Waals surface area contributed by atoms with Crippen LogP contribution in [0.15, 0.2) is 92.4 Å². The van der Waals surface area contributed by atoms with Gasteiger partial charge in [0.25, 0.3) is 0 Å². The first kappa shape index (κ1) is 56.7. The predicted octanol–water partition coefficient (Wildman–Crippen LogP) is 6.55. The van der Waals surface area contributed by atoms with E-state index in [1.165, 1.54) is 19.1 Å². The third kappa shape index (κ3) is 10.2. The molecule has 0 aromatic carbocycles. The second-order valence-corrected chi connectivity index (χ2v) is 27.4. The van der Waals surface area contributed by atoms with Crippen LogP contribution in [-0.2, 0) is 46.7 Å². The monoisotopic (exact) mass is 1200 g/mol. The van der Waals surface area contributed by atoms with Gasteiger partial charge in [0.15, 0.2) is 5.15 Å². The Bertz CT molecular complexity index is 4160. The second-order valence-electron chi connectivity index (χ2n) is 19.8. The standard InChI is InChI=1S/2C17H17ClN6O2S.C17H17FN6O2S/c1-2-27(25,26)23-10-17(11-23,5-6-19)24-9-14(15(18)22-24)12-3-7-20-16-13(12)4-8-21-16;2*1-2-27(25,26)23-10-17(11-23,4-5-19)24-9-12(7-22-24)15-13-3-6-20-16(13)21-8-14(15)18/h3-4,7-9H,2,5,10-11H2,1H3,(H,20,21);2*3,6-9H,2,4,10-11H2,1H3,(H,20,21). The van der Waals surface area contributed by atoms with E-state index in [9.17, 15) is 45.4 Å². The van der Waals surface area contributed by atoms with Crippen molar-refractivity contribution in [1.29, 1.82) is 15.8 Å². The Hall–Kier alpha value is -7.59. The van der Waals surface area contributed by atoms with Gasteiger partial charge in [0.1, 0.15) is 39.4 Å². The molecule has 0 bridgehead atoms. The molecular formula is C51H51Cl2FN18O6S3. The number of H-pyrrole nitrogens is 3. The Kier molecular flexibility index (Phi) is 15.2. The van der Waals surface area contributed by atoms with Gasteiger partial charge in [0, 0.05) is 133 Å². The van der Waals surface area contributed by atoms with Crippen molar-refractivity contribution in [2.45, 2.75) is 56.7 Å². The summed E-state index contributed by atoms with van der Waals surface area (Å²) in [5.74, 6) is -0.394. The maximum absolute atomic E-state index is 14.4. The first-order chi connectivity index (χ1) is 38.7. The quantitative estimate of drug-likeness (QED) is 0.0980. The zero-order valence-corrected chi connectivity index (χ0v) is 47.6. The molecule has 0 saturated carbocycles. The van der Waals surface area contributed by atoms with Crippen LogP contribution in [0, 0.1) is 39.8 Å². The lowest BCUT2D eigenvalue weighted by atomic mass is 9.89. The van der Waals surface area contributed by atoms with Gasteiger partial charge >= 0.3 is 0 Å². The van der Waals surface area contributed by atoms with Crippen LogP contribution in [-0.4, -0.2) is 154 Å². The SMILES string of the molecule is CCS(=O)(=O)N1CC(CC#N)(n2cc(-c3c(Cl)cnc4[nH]ccc34)cn2)C1.CCS(=O)(=O)N1CC(CC#N)(n2cc(-c3c(F)cnc4[nH]ccc34)cn2)C1.CCS(=O)(=O)N1CC(CC#N)(n2cc(-c3ccnc4[nH]ccc34)c(Cl)n2)C1. The molecule has 9 aromatic heterocycles. The number of rotatable bonds is 15. The molecule has 12 heterocycles. The summed E-state index contributed by atoms with van der Waals surface area (Å²) in [6, 6.07) is 13.8. The lowest BCUT2D eigenvalue weighted by Crippen LogP contribution is -2.64. The molecule has 0 radical (unpaired) electrons. The normalized spacial score (nSPS) is 16.9. The molecule has 30 heteroatoms. The maximum atomic E-state index is 14.4. The molecule has 0 spiro atoms. The summed E-state index contributed by atoms with van der Waals surface area (Å²) in [7, 11) is -9.90. The molecule has 3 aliphatic rings. The third-order valence-corrected chi connectivity index (χ3v) is 20.9. The predicted molar refractivity (Wildman–Crippen MR) is 300 cm³/mol. The molecule has 9 aromatic rings. The molecule has 81 heavy (non-hydrogen) atoms. The molecule has 24 nitrogen and oxygen atoms in total. The number of aromatic nitrogens is 12. The summed E-state index contributed by atoms with van der Waals surface area (Å²) >= 11 is 12.8. The lowest BCUT2D eigenvalue weighted by molar-refractivity contribution is 0.0719. The highest BCUT2D eigenvalue weighted by Crippen LogP contribution is 2.41. The van der Waals surface area contributed by atoms with Crippen LogP contribution >= 0.6 is 23.2 Å². The van der Waals surface area contributed by atoms with Crippen LogP contribution in [0.25, 0.3) is 66.5 Å². The van der Waals surface area contributed by atoms with Crippen molar-refractivity contribution in [2.24, 2.45) is 0 Å². The minimum Gasteiger partial charge on any atom is -0.346 e. The highest BCUT2D eigenvalue weighted by molar-refractivity contribution is 7.89. The highest BCUT2D eigenvalue weighted by atomic mass is 35.5. The van der Waals surface area contributed by atoms with E-state index in [0.717, 1.165) is 50.5 Å². The number of nitrogens with one attached hydrogen (secondary N) is 3. The summed E-state index contributed by atoms with van der Waals surface area (Å²) in [6.07, 6.45) is 18.6. The van der Waals surface area contributed by atoms with Crippen molar-refractivity contribution in [2.75, 3.05) is 56.5 Å². The fourth-order valence-electron chi connectivity index (χ4n) is 10.4. The Morgan fingerprint density at radius 2 is 0.975 bits per heavy atom. The van der Waals surface area contributed by atoms with E-state index in [1.807, 2.05) is 24.4 Å². The van der Waals surface area contributed by atoms with E-state index in [-0.39, 0.29) is 75.8 Å². The number of pyridine rings is 3. The molecule has 0 atom stereocenters. The van der Waals surface area contributed by atoms with E-state index >= 15 is 0 Å². The molecule has 0 unspecified atom stereocenters. The number of sulfonamides is 3. The van der Waals surface area contributed by atoms with Gasteiger partial charge < -0.3 is 15.0 Å². The first-order valence-electron chi connectivity index (χ1n) is 25.3. The van der Waals surface area contributed by atoms with Crippen molar-refractivity contribution in [3.63, 3.8) is 0 Å². The lowest BCUT2D eigenvalue weighted by Gasteiger charge is -2.47. The van der Waals surface area contributed by atoms with Crippen molar-refractivity contribution in [1.82, 2.24) is 72.2 Å². The number of fused-ring (bicyclic) bond motifs is 3. The first-order valence-corrected chi connectivity index (χ1v) is 30.9. The zero-order chi connectivity index (χ0) is 57.7. The molecule has 0 aliphatic carbocycles. The van der Waals surface area contributed by atoms with Crippen LogP contribution in [0.2, 0.25) is 10.2 Å². The van der Waals surface area contributed by atoms with Gasteiger partial charge in [-0.2, -0.15) is 44.0 Å². The van der Waals surface area contributed by atoms with Crippen molar-refractivity contribution < 1.29 is 29.6 Å². The third-order valence-electron chi connectivity index (χ3n) is 15.0. The Balaban J connectivity index is 0.000000136. The molecule has 0 amide bonds. The van der Waals surface area contributed by atoms with E-state index < -0.39 is 52.5 Å². The maximum Gasteiger partial charge on any atom is 0.213 e. The Labute approximate surface area is 474 Å². The minimum atomic E-state index is -3.32. The average Bonchev–Trinajstić information content (AvgIpc) is 4.38. The van der Waals surface area contributed by atoms with E-state index in [4.69, 9.17) is 23.2 Å². The fraction of sp³-hybridized carbons (Fsp3) is 0.353. The fourth-order valence-corrected chi connectivity index (χ4v) is 14.6. The molecule has 3 saturated heterocycles. The number of nitriles is 3. The summed E-state index contributed by atoms with van der Waals surface area (Å²) in [4.78, 5) is 21.6. The van der Waals surface area contributed by atoms with Gasteiger partial charge in [0.05, 0.1) is 78.3 Å². The van der Waals surface area contributed by atoms with Gasteiger partial charge in [-0.15, -0.1) is 0 Å². The number of hydrogen-bond acceptors (Lipinski definition) is 15. The molecular weight excluding hydrogens is 1150 g/mol. The van der Waals surface area contributed by atoms with Gasteiger partial charge in [-0.05, 0) is 50.6 Å². The molecule has 3 N–H and O–H groups in total. The zero-order valence-electron chi connectivity index (χ0n) is 43.7. The van der Waals surface area contributed by atoms with Crippen LogP contribution in [0.4, 0.5) is 4.39 Å². The van der Waals surface area contributed by atoms with Gasteiger partial charge in [-0.25, -0.2) is 44.6 Å². The van der Waals surface area contributed by atoms with Gasteiger partial charge in [0.2, 0.25) is 30.1 Å². The topological polar surface area (TPSA) is 323 Å². The molecule has 3 aliphatic heterocycles. The number of halogens is 3. The van der Waals surface area contributed by atoms with Crippen LogP contribution in [0.1, 0.15) is 40.0 Å². The largest absolute Gasteiger partial charge is 0.346 e. The van der Waals surface area contributed by atoms with Crippen molar-refractivity contribution in [3.05, 3.63) is 108 Å². The van der Waals surface area contributed by atoms with Crippen LogP contribution in [0.5, 0.6) is 0 Å². The number of nitrogens with zero attached hydrogens (tertiary/aromatic N) is 15. The summed E-state index contributed by atoms with van der Waals surface area (Å²) in [5, 5.41) is 44.2. The number of aromatic amines is 3. The molecule has 3 fully saturated rings. The van der Waals surface area contributed by atoms with E-state index in [0.29, 0.717) is 32.3 Å². The molecule has 12 rings (SSSR count). The summed E-state index contributed by atoms with van der Waals surface area (Å²) < 4.78 is 95.9. The van der Waals surface area contributed by atoms with Gasteiger partial charge in [-0.1, -0.05) is 23.2 Å². The summed E-state index contributed by atoms with van der Waals surface area (Å²) in [5.41, 5.74) is 4.04. The Morgan fingerprint density at radius 3 is 1.44 bits per heavy atom. The van der Waals surface area contributed by atoms with E-state index in [1.54, 1.807) is 90.5 Å². The number of hydrogen-bond donors (Lipinski definition) is 3. The Morgan fingerprint density at radius 1 is 0.556 bits per heavy atom. The van der Waals surface area contributed by atoms with Crippen molar-refractivity contribution in [3.8, 4) is 51.6 Å². The molecule has 420 valence electrons. The average molecular weight is 1200 g/mol. The van der Waals surface area contributed by atoms with Crippen LogP contribution in [0.3, 0.4) is 0 Å². The van der Waals surface area contributed by atoms with Crippen molar-refractivity contribution >= 4 is 86.4 Å². The van der Waals surface area contributed by atoms with E-state index in [2.05, 4.69) is 63.4 Å². The van der Waals surface area contributed by atoms with Crippen LogP contribution < -0.4 is 0 Å². The summed E-state index contributed by atoms with van der Waals surface area (Å²) in [6.45, 7) is 6.05. The van der Waals surface area contributed by atoms with Gasteiger partial charge in [-0.3, -0.25) is 14.0 Å². The smallest absolute Gasteiger partial charge is 0.213 e.